The van der Waals surface area contributed by atoms with Crippen molar-refractivity contribution in [3.8, 4) is 11.4 Å². The van der Waals surface area contributed by atoms with Gasteiger partial charge in [-0.1, -0.05) is 23.9 Å². The van der Waals surface area contributed by atoms with E-state index in [2.05, 4.69) is 15.5 Å². The molecule has 128 valence electrons. The van der Waals surface area contributed by atoms with Gasteiger partial charge in [0.15, 0.2) is 0 Å². The molecule has 0 unspecified atom stereocenters. The van der Waals surface area contributed by atoms with Crippen molar-refractivity contribution < 1.29 is 9.66 Å². The highest BCUT2D eigenvalue weighted by Crippen LogP contribution is 2.35. The Kier molecular flexibility index (Phi) is 4.94. The molecule has 0 aliphatic carbocycles. The van der Waals surface area contributed by atoms with Gasteiger partial charge in [0, 0.05) is 17.4 Å². The van der Waals surface area contributed by atoms with E-state index in [-0.39, 0.29) is 10.9 Å². The minimum Gasteiger partial charge on any atom is -0.497 e. The third kappa shape index (κ3) is 3.77. The molecule has 3 aromatic rings. The topological polar surface area (TPSA) is 96.0 Å². The Bertz CT molecular complexity index is 881. The quantitative estimate of drug-likeness (QED) is 0.379. The van der Waals surface area contributed by atoms with E-state index in [1.54, 1.807) is 23.9 Å². The minimum atomic E-state index is -0.400. The summed E-state index contributed by atoms with van der Waals surface area (Å²) in [4.78, 5) is 10.5. The summed E-state index contributed by atoms with van der Waals surface area (Å²) in [6.07, 6.45) is 0. The molecule has 1 atom stereocenters. The zero-order valence-corrected chi connectivity index (χ0v) is 14.4. The van der Waals surface area contributed by atoms with E-state index in [1.165, 1.54) is 17.8 Å². The molecule has 3 rings (SSSR count). The number of methoxy groups -OCH3 is 1. The third-order valence-corrected chi connectivity index (χ3v) is 4.68. The highest BCUT2D eigenvalue weighted by atomic mass is 32.2. The number of hydrogen-bond acceptors (Lipinski definition) is 7. The van der Waals surface area contributed by atoms with Crippen LogP contribution in [0.3, 0.4) is 0 Å². The van der Waals surface area contributed by atoms with Gasteiger partial charge in [-0.25, -0.2) is 0 Å². The largest absolute Gasteiger partial charge is 0.497 e. The second-order valence-corrected chi connectivity index (χ2v) is 6.49. The first-order chi connectivity index (χ1) is 12.1. The molecule has 1 heterocycles. The summed E-state index contributed by atoms with van der Waals surface area (Å²) in [7, 11) is 1.61. The summed E-state index contributed by atoms with van der Waals surface area (Å²) in [5.74, 6) is 0.746. The maximum Gasteiger partial charge on any atom is 0.269 e. The van der Waals surface area contributed by atoms with Gasteiger partial charge >= 0.3 is 0 Å². The van der Waals surface area contributed by atoms with E-state index in [0.29, 0.717) is 5.16 Å². The molecular weight excluding hydrogens is 342 g/mol. The highest BCUT2D eigenvalue weighted by molar-refractivity contribution is 7.99. The van der Waals surface area contributed by atoms with Crippen LogP contribution < -0.4 is 4.74 Å². The Morgan fingerprint density at radius 3 is 2.68 bits per heavy atom. The summed E-state index contributed by atoms with van der Waals surface area (Å²) >= 11 is 1.43. The lowest BCUT2D eigenvalue weighted by Gasteiger charge is -2.11. The zero-order chi connectivity index (χ0) is 17.8. The number of nitro groups is 1. The van der Waals surface area contributed by atoms with E-state index < -0.39 is 4.92 Å². The standard InChI is InChI=1S/C16H15N5O3S/c1-11(12-4-3-5-14(10-12)21(22)23)25-16-17-18-19-20(16)13-6-8-15(24-2)9-7-13/h3-11H,1-2H3/t11-/m0/s1. The minimum absolute atomic E-state index is 0.0529. The van der Waals surface area contributed by atoms with Gasteiger partial charge in [0.25, 0.3) is 5.69 Å². The average molecular weight is 357 g/mol. The number of ether oxygens (including phenoxy) is 1. The van der Waals surface area contributed by atoms with Gasteiger partial charge in [0.2, 0.25) is 5.16 Å². The second kappa shape index (κ2) is 7.31. The van der Waals surface area contributed by atoms with E-state index >= 15 is 0 Å². The summed E-state index contributed by atoms with van der Waals surface area (Å²) in [6.45, 7) is 1.96. The maximum absolute atomic E-state index is 10.9. The number of nitro benzene ring substituents is 1. The molecule has 25 heavy (non-hydrogen) atoms. The van der Waals surface area contributed by atoms with Crippen LogP contribution in [0.2, 0.25) is 0 Å². The average Bonchev–Trinajstić information content (AvgIpc) is 3.10. The smallest absolute Gasteiger partial charge is 0.269 e. The molecule has 0 aliphatic rings. The number of nitrogens with zero attached hydrogens (tertiary/aromatic N) is 5. The lowest BCUT2D eigenvalue weighted by Crippen LogP contribution is -2.00. The van der Waals surface area contributed by atoms with Crippen LogP contribution in [-0.4, -0.2) is 32.2 Å². The third-order valence-electron chi connectivity index (χ3n) is 3.59. The molecule has 2 aromatic carbocycles. The van der Waals surface area contributed by atoms with E-state index in [4.69, 9.17) is 4.74 Å². The van der Waals surface area contributed by atoms with Gasteiger partial charge in [0.1, 0.15) is 5.75 Å². The molecule has 0 amide bonds. The number of rotatable bonds is 6. The van der Waals surface area contributed by atoms with Gasteiger partial charge in [-0.15, -0.1) is 5.10 Å². The van der Waals surface area contributed by atoms with Crippen LogP contribution in [0, 0.1) is 10.1 Å². The zero-order valence-electron chi connectivity index (χ0n) is 13.6. The van der Waals surface area contributed by atoms with Crippen molar-refractivity contribution in [3.05, 3.63) is 64.2 Å². The van der Waals surface area contributed by atoms with Gasteiger partial charge in [-0.3, -0.25) is 10.1 Å². The second-order valence-electron chi connectivity index (χ2n) is 5.18. The lowest BCUT2D eigenvalue weighted by molar-refractivity contribution is -0.384. The molecule has 8 nitrogen and oxygen atoms in total. The van der Waals surface area contributed by atoms with Gasteiger partial charge in [-0.2, -0.15) is 4.68 Å². The summed E-state index contributed by atoms with van der Waals surface area (Å²) in [6, 6.07) is 13.9. The van der Waals surface area contributed by atoms with Crippen molar-refractivity contribution in [2.75, 3.05) is 7.11 Å². The fraction of sp³-hybridized carbons (Fsp3) is 0.188. The Morgan fingerprint density at radius 2 is 2.00 bits per heavy atom. The predicted molar refractivity (Wildman–Crippen MR) is 93.1 cm³/mol. The Hall–Kier alpha value is -2.94. The highest BCUT2D eigenvalue weighted by Gasteiger charge is 2.17. The van der Waals surface area contributed by atoms with Crippen LogP contribution in [0.5, 0.6) is 5.75 Å². The molecule has 0 saturated heterocycles. The van der Waals surface area contributed by atoms with Crippen molar-refractivity contribution in [3.63, 3.8) is 0 Å². The van der Waals surface area contributed by atoms with E-state index in [0.717, 1.165) is 17.0 Å². The van der Waals surface area contributed by atoms with E-state index in [1.807, 2.05) is 37.3 Å². The van der Waals surface area contributed by atoms with Crippen LogP contribution in [0.4, 0.5) is 5.69 Å². The Labute approximate surface area is 148 Å². The van der Waals surface area contributed by atoms with Crippen LogP contribution >= 0.6 is 11.8 Å². The first-order valence-corrected chi connectivity index (χ1v) is 8.30. The molecule has 0 saturated carbocycles. The molecule has 0 spiro atoms. The van der Waals surface area contributed by atoms with Crippen molar-refractivity contribution in [2.24, 2.45) is 0 Å². The SMILES string of the molecule is COc1ccc(-n2nnnc2S[C@@H](C)c2cccc([N+](=O)[O-])c2)cc1. The summed E-state index contributed by atoms with van der Waals surface area (Å²) in [5.41, 5.74) is 1.71. The molecule has 0 aliphatic heterocycles. The molecule has 0 N–H and O–H groups in total. The summed E-state index contributed by atoms with van der Waals surface area (Å²) < 4.78 is 6.77. The van der Waals surface area contributed by atoms with Crippen molar-refractivity contribution in [1.82, 2.24) is 20.2 Å². The number of benzene rings is 2. The lowest BCUT2D eigenvalue weighted by atomic mass is 10.1. The molecule has 1 aromatic heterocycles. The van der Waals surface area contributed by atoms with E-state index in [9.17, 15) is 10.1 Å². The summed E-state index contributed by atoms with van der Waals surface area (Å²) in [5, 5.41) is 23.3. The normalized spacial score (nSPS) is 11.9. The molecule has 0 radical (unpaired) electrons. The number of non-ortho nitro benzene ring substituents is 1. The predicted octanol–water partition coefficient (Wildman–Crippen LogP) is 3.43. The monoisotopic (exact) mass is 357 g/mol. The number of tetrazole rings is 1. The molecule has 0 fully saturated rings. The first kappa shape index (κ1) is 16.9. The van der Waals surface area contributed by atoms with Crippen molar-refractivity contribution in [1.29, 1.82) is 0 Å². The van der Waals surface area contributed by atoms with Gasteiger partial charge in [0.05, 0.1) is 17.7 Å². The number of thioether (sulfide) groups is 1. The Balaban J connectivity index is 1.83. The van der Waals surface area contributed by atoms with Crippen LogP contribution in [0.25, 0.3) is 5.69 Å². The fourth-order valence-electron chi connectivity index (χ4n) is 2.26. The number of hydrogen-bond donors (Lipinski definition) is 0. The van der Waals surface area contributed by atoms with Crippen molar-refractivity contribution >= 4 is 17.4 Å². The first-order valence-electron chi connectivity index (χ1n) is 7.42. The van der Waals surface area contributed by atoms with Gasteiger partial charge in [-0.05, 0) is 47.2 Å². The van der Waals surface area contributed by atoms with Crippen molar-refractivity contribution in [2.45, 2.75) is 17.3 Å². The van der Waals surface area contributed by atoms with Crippen LogP contribution in [0.1, 0.15) is 17.7 Å². The molecule has 9 heteroatoms. The molecule has 0 bridgehead atoms. The Morgan fingerprint density at radius 1 is 1.24 bits per heavy atom. The van der Waals surface area contributed by atoms with Gasteiger partial charge < -0.3 is 4.74 Å². The number of aromatic nitrogens is 4. The maximum atomic E-state index is 10.9. The van der Waals surface area contributed by atoms with Crippen LogP contribution in [0.15, 0.2) is 53.7 Å². The fourth-order valence-corrected chi connectivity index (χ4v) is 3.18. The molecular formula is C16H15N5O3S. The van der Waals surface area contributed by atoms with Crippen LogP contribution in [-0.2, 0) is 0 Å².